The van der Waals surface area contributed by atoms with E-state index in [1.807, 2.05) is 17.9 Å². The van der Waals surface area contributed by atoms with Crippen LogP contribution in [0.2, 0.25) is 0 Å². The van der Waals surface area contributed by atoms with Gasteiger partial charge in [0.25, 0.3) is 5.91 Å². The van der Waals surface area contributed by atoms with Gasteiger partial charge >= 0.3 is 0 Å². The molecular weight excluding hydrogens is 293 g/mol. The van der Waals surface area contributed by atoms with Gasteiger partial charge in [-0.2, -0.15) is 0 Å². The molecule has 0 saturated heterocycles. The van der Waals surface area contributed by atoms with Crippen molar-refractivity contribution < 1.29 is 13.6 Å². The van der Waals surface area contributed by atoms with Crippen molar-refractivity contribution in [1.29, 1.82) is 0 Å². The van der Waals surface area contributed by atoms with Crippen LogP contribution in [0.4, 0.5) is 4.39 Å². The summed E-state index contributed by atoms with van der Waals surface area (Å²) >= 11 is 0. The van der Waals surface area contributed by atoms with Crippen molar-refractivity contribution in [2.45, 2.75) is 45.1 Å². The van der Waals surface area contributed by atoms with Crippen molar-refractivity contribution >= 4 is 5.91 Å². The van der Waals surface area contributed by atoms with Crippen LogP contribution in [0.1, 0.15) is 47.4 Å². The second-order valence-electron chi connectivity index (χ2n) is 6.25. The average molecular weight is 315 g/mol. The van der Waals surface area contributed by atoms with Crippen LogP contribution in [0.25, 0.3) is 0 Å². The Morgan fingerprint density at radius 2 is 1.91 bits per heavy atom. The van der Waals surface area contributed by atoms with E-state index in [4.69, 9.17) is 4.42 Å². The summed E-state index contributed by atoms with van der Waals surface area (Å²) in [6.07, 6.45) is 6.73. The molecule has 3 nitrogen and oxygen atoms in total. The number of aryl methyl sites for hydroxylation is 1. The van der Waals surface area contributed by atoms with Crippen molar-refractivity contribution in [3.8, 4) is 0 Å². The third-order valence-electron chi connectivity index (χ3n) is 4.64. The molecule has 2 aromatic rings. The van der Waals surface area contributed by atoms with E-state index in [9.17, 15) is 9.18 Å². The Labute approximate surface area is 136 Å². The molecule has 0 spiro atoms. The first kappa shape index (κ1) is 15.8. The summed E-state index contributed by atoms with van der Waals surface area (Å²) in [5.41, 5.74) is 1.91. The fourth-order valence-corrected chi connectivity index (χ4v) is 3.29. The van der Waals surface area contributed by atoms with Gasteiger partial charge in [-0.1, -0.05) is 25.0 Å². The van der Waals surface area contributed by atoms with E-state index in [0.717, 1.165) is 30.4 Å². The van der Waals surface area contributed by atoms with Gasteiger partial charge in [0.2, 0.25) is 0 Å². The number of halogens is 1. The molecule has 4 heteroatoms. The molecule has 0 aliphatic heterocycles. The molecule has 1 saturated carbocycles. The van der Waals surface area contributed by atoms with E-state index < -0.39 is 0 Å². The van der Waals surface area contributed by atoms with Crippen molar-refractivity contribution in [3.63, 3.8) is 0 Å². The van der Waals surface area contributed by atoms with Crippen LogP contribution in [0, 0.1) is 12.7 Å². The lowest BCUT2D eigenvalue weighted by Gasteiger charge is -2.28. The molecule has 1 fully saturated rings. The molecule has 1 amide bonds. The van der Waals surface area contributed by atoms with Gasteiger partial charge in [-0.25, -0.2) is 4.39 Å². The van der Waals surface area contributed by atoms with Crippen molar-refractivity contribution in [2.75, 3.05) is 6.54 Å². The zero-order valence-electron chi connectivity index (χ0n) is 13.4. The molecule has 0 radical (unpaired) electrons. The molecule has 1 aliphatic rings. The average Bonchev–Trinajstić information content (AvgIpc) is 3.21. The second kappa shape index (κ2) is 6.99. The Balaban J connectivity index is 1.74. The SMILES string of the molecule is Cc1ccoc1C(=O)N(CCc1ccc(F)cc1)C1CCCC1. The number of hydrogen-bond donors (Lipinski definition) is 0. The third kappa shape index (κ3) is 3.63. The van der Waals surface area contributed by atoms with Crippen LogP contribution in [0.15, 0.2) is 41.0 Å². The maximum absolute atomic E-state index is 13.0. The highest BCUT2D eigenvalue weighted by molar-refractivity contribution is 5.93. The van der Waals surface area contributed by atoms with Crippen LogP contribution in [0.3, 0.4) is 0 Å². The summed E-state index contributed by atoms with van der Waals surface area (Å²) in [5, 5.41) is 0. The fourth-order valence-electron chi connectivity index (χ4n) is 3.29. The molecule has 1 aromatic heterocycles. The lowest BCUT2D eigenvalue weighted by atomic mass is 10.1. The minimum atomic E-state index is -0.233. The van der Waals surface area contributed by atoms with E-state index in [2.05, 4.69) is 0 Å². The lowest BCUT2D eigenvalue weighted by molar-refractivity contribution is 0.0650. The van der Waals surface area contributed by atoms with Crippen LogP contribution in [-0.4, -0.2) is 23.4 Å². The maximum Gasteiger partial charge on any atom is 0.290 e. The van der Waals surface area contributed by atoms with Crippen molar-refractivity contribution in [2.24, 2.45) is 0 Å². The first-order chi connectivity index (χ1) is 11.1. The van der Waals surface area contributed by atoms with Crippen molar-refractivity contribution in [1.82, 2.24) is 4.90 Å². The van der Waals surface area contributed by atoms with Gasteiger partial charge in [-0.15, -0.1) is 0 Å². The molecule has 122 valence electrons. The van der Waals surface area contributed by atoms with E-state index in [0.29, 0.717) is 12.3 Å². The standard InChI is InChI=1S/C19H22FNO2/c1-14-11-13-23-18(14)19(22)21(17-4-2-3-5-17)12-10-15-6-8-16(20)9-7-15/h6-9,11,13,17H,2-5,10,12H2,1H3. The highest BCUT2D eigenvalue weighted by Crippen LogP contribution is 2.26. The van der Waals surface area contributed by atoms with E-state index >= 15 is 0 Å². The Hall–Kier alpha value is -2.10. The monoisotopic (exact) mass is 315 g/mol. The van der Waals surface area contributed by atoms with E-state index in [-0.39, 0.29) is 17.8 Å². The quantitative estimate of drug-likeness (QED) is 0.821. The molecule has 1 aliphatic carbocycles. The van der Waals surface area contributed by atoms with E-state index in [1.54, 1.807) is 18.4 Å². The summed E-state index contributed by atoms with van der Waals surface area (Å²) in [4.78, 5) is 14.8. The highest BCUT2D eigenvalue weighted by Gasteiger charge is 2.29. The Morgan fingerprint density at radius 1 is 1.22 bits per heavy atom. The molecule has 1 heterocycles. The molecule has 3 rings (SSSR count). The Bertz CT molecular complexity index is 656. The molecule has 0 N–H and O–H groups in total. The third-order valence-corrected chi connectivity index (χ3v) is 4.64. The largest absolute Gasteiger partial charge is 0.459 e. The first-order valence-corrected chi connectivity index (χ1v) is 8.24. The van der Waals surface area contributed by atoms with Gasteiger partial charge in [-0.3, -0.25) is 4.79 Å². The van der Waals surface area contributed by atoms with Gasteiger partial charge in [0.05, 0.1) is 6.26 Å². The summed E-state index contributed by atoms with van der Waals surface area (Å²) in [6, 6.07) is 8.60. The zero-order valence-corrected chi connectivity index (χ0v) is 13.4. The lowest BCUT2D eigenvalue weighted by Crippen LogP contribution is -2.40. The number of amides is 1. The summed E-state index contributed by atoms with van der Waals surface area (Å²) in [7, 11) is 0. The summed E-state index contributed by atoms with van der Waals surface area (Å²) in [6.45, 7) is 2.53. The van der Waals surface area contributed by atoms with Crippen molar-refractivity contribution in [3.05, 3.63) is 59.3 Å². The van der Waals surface area contributed by atoms with Crippen LogP contribution in [0.5, 0.6) is 0 Å². The number of rotatable bonds is 5. The highest BCUT2D eigenvalue weighted by atomic mass is 19.1. The smallest absolute Gasteiger partial charge is 0.290 e. The first-order valence-electron chi connectivity index (χ1n) is 8.24. The zero-order chi connectivity index (χ0) is 16.2. The predicted octanol–water partition coefficient (Wildman–Crippen LogP) is 4.35. The normalized spacial score (nSPS) is 15.0. The second-order valence-corrected chi connectivity index (χ2v) is 6.25. The fraction of sp³-hybridized carbons (Fsp3) is 0.421. The number of benzene rings is 1. The van der Waals surface area contributed by atoms with Crippen LogP contribution in [-0.2, 0) is 6.42 Å². The maximum atomic E-state index is 13.0. The Morgan fingerprint density at radius 3 is 2.52 bits per heavy atom. The number of carbonyl (C=O) groups excluding carboxylic acids is 1. The number of furan rings is 1. The molecule has 1 aromatic carbocycles. The van der Waals surface area contributed by atoms with Gasteiger partial charge in [0, 0.05) is 18.2 Å². The van der Waals surface area contributed by atoms with E-state index in [1.165, 1.54) is 25.0 Å². The predicted molar refractivity (Wildman–Crippen MR) is 86.8 cm³/mol. The summed E-state index contributed by atoms with van der Waals surface area (Å²) < 4.78 is 18.4. The molecule has 0 unspecified atom stereocenters. The Kier molecular flexibility index (Phi) is 4.79. The van der Waals surface area contributed by atoms with Crippen LogP contribution < -0.4 is 0 Å². The number of nitrogens with zero attached hydrogens (tertiary/aromatic N) is 1. The topological polar surface area (TPSA) is 33.5 Å². The van der Waals surface area contributed by atoms with Gasteiger partial charge in [-0.05, 0) is 49.9 Å². The molecule has 0 bridgehead atoms. The minimum absolute atomic E-state index is 0.0264. The van der Waals surface area contributed by atoms with Gasteiger partial charge < -0.3 is 9.32 Å². The molecule has 0 atom stereocenters. The minimum Gasteiger partial charge on any atom is -0.459 e. The number of hydrogen-bond acceptors (Lipinski definition) is 2. The molecule has 23 heavy (non-hydrogen) atoms. The molecular formula is C19H22FNO2. The number of carbonyl (C=O) groups is 1. The van der Waals surface area contributed by atoms with Gasteiger partial charge in [0.15, 0.2) is 5.76 Å². The summed E-state index contributed by atoms with van der Waals surface area (Å²) in [5.74, 6) is 0.182. The van der Waals surface area contributed by atoms with Gasteiger partial charge in [0.1, 0.15) is 5.82 Å². The van der Waals surface area contributed by atoms with Crippen LogP contribution >= 0.6 is 0 Å².